The molecule has 1 atom stereocenters. The summed E-state index contributed by atoms with van der Waals surface area (Å²) < 4.78 is 10.8. The van der Waals surface area contributed by atoms with Crippen LogP contribution in [0.2, 0.25) is 0 Å². The highest BCUT2D eigenvalue weighted by atomic mass is 127. The van der Waals surface area contributed by atoms with Crippen molar-refractivity contribution in [3.8, 4) is 0 Å². The van der Waals surface area contributed by atoms with Crippen molar-refractivity contribution in [2.24, 2.45) is 10.3 Å². The minimum Gasteiger partial charge on any atom is -0.226 e. The summed E-state index contributed by atoms with van der Waals surface area (Å²) in [5.41, 5.74) is 6.14. The zero-order valence-electron chi connectivity index (χ0n) is 4.23. The highest BCUT2D eigenvalue weighted by Gasteiger charge is 2.12. The summed E-state index contributed by atoms with van der Waals surface area (Å²) in [7, 11) is 0. The number of alkyl halides is 2. The second kappa shape index (κ2) is 3.06. The minimum absolute atomic E-state index is 0.959. The summed E-state index contributed by atoms with van der Waals surface area (Å²) in [6.07, 6.45) is 0.959. The maximum atomic E-state index is 12.3. The predicted octanol–water partition coefficient (Wildman–Crippen LogP) is 2.12. The Morgan fingerprint density at radius 2 is 2.38 bits per heavy atom. The van der Waals surface area contributed by atoms with E-state index in [4.69, 9.17) is 5.53 Å². The van der Waals surface area contributed by atoms with Crippen molar-refractivity contribution in [1.82, 2.24) is 0 Å². The van der Waals surface area contributed by atoms with E-state index in [9.17, 15) is 4.39 Å². The SMILES string of the molecule is CC(F)(I)/C=N/N=N. The van der Waals surface area contributed by atoms with Crippen molar-refractivity contribution >= 4 is 28.8 Å². The van der Waals surface area contributed by atoms with Gasteiger partial charge in [-0.05, 0) is 29.5 Å². The van der Waals surface area contributed by atoms with Crippen LogP contribution in [0.3, 0.4) is 0 Å². The van der Waals surface area contributed by atoms with Crippen LogP contribution in [0.4, 0.5) is 4.39 Å². The van der Waals surface area contributed by atoms with Gasteiger partial charge in [-0.25, -0.2) is 4.39 Å². The molecule has 0 fully saturated rings. The van der Waals surface area contributed by atoms with E-state index in [2.05, 4.69) is 10.3 Å². The summed E-state index contributed by atoms with van der Waals surface area (Å²) in [5.74, 6) is 0. The standard InChI is InChI=1S/C3H5FIN3/c1-3(4,5)2-7-8-6/h2,6H,1H3/b7-2+,8-6?. The third-order valence-electron chi connectivity index (χ3n) is 0.342. The van der Waals surface area contributed by atoms with Crippen molar-refractivity contribution in [2.45, 2.75) is 10.6 Å². The van der Waals surface area contributed by atoms with Crippen LogP contribution in [-0.4, -0.2) is 9.89 Å². The molecular weight excluding hydrogens is 224 g/mol. The molecule has 0 spiro atoms. The van der Waals surface area contributed by atoms with Gasteiger partial charge in [-0.3, -0.25) is 0 Å². The van der Waals surface area contributed by atoms with Gasteiger partial charge in [0.25, 0.3) is 0 Å². The molecular formula is C3H5FIN3. The molecule has 1 unspecified atom stereocenters. The maximum absolute atomic E-state index is 12.3. The van der Waals surface area contributed by atoms with Crippen LogP contribution in [0.5, 0.6) is 0 Å². The molecule has 0 aliphatic carbocycles. The number of hydrogen-bond acceptors (Lipinski definition) is 2. The summed E-state index contributed by atoms with van der Waals surface area (Å²) >= 11 is 1.54. The van der Waals surface area contributed by atoms with Gasteiger partial charge in [-0.2, -0.15) is 5.53 Å². The Labute approximate surface area is 60.0 Å². The van der Waals surface area contributed by atoms with E-state index in [1.165, 1.54) is 6.92 Å². The molecule has 0 amide bonds. The van der Waals surface area contributed by atoms with Gasteiger partial charge in [-0.15, -0.1) is 5.10 Å². The number of rotatable bonds is 2. The summed E-state index contributed by atoms with van der Waals surface area (Å²) in [4.78, 5) is 0. The lowest BCUT2D eigenvalue weighted by Crippen LogP contribution is -2.06. The van der Waals surface area contributed by atoms with E-state index < -0.39 is 3.68 Å². The van der Waals surface area contributed by atoms with E-state index in [1.54, 1.807) is 22.6 Å². The summed E-state index contributed by atoms with van der Waals surface area (Å²) in [6.45, 7) is 1.32. The first-order chi connectivity index (χ1) is 3.56. The van der Waals surface area contributed by atoms with Gasteiger partial charge in [0.15, 0.2) is 3.68 Å². The fraction of sp³-hybridized carbons (Fsp3) is 0.667. The first kappa shape index (κ1) is 7.93. The van der Waals surface area contributed by atoms with Crippen LogP contribution in [-0.2, 0) is 0 Å². The van der Waals surface area contributed by atoms with E-state index in [1.807, 2.05) is 0 Å². The Hall–Kier alpha value is -0.0700. The smallest absolute Gasteiger partial charge is 0.195 e. The number of nitrogens with zero attached hydrogens (tertiary/aromatic N) is 2. The molecule has 3 nitrogen and oxygen atoms in total. The average molecular weight is 229 g/mol. The van der Waals surface area contributed by atoms with E-state index in [0.29, 0.717) is 0 Å². The Bertz CT molecular complexity index is 106. The Morgan fingerprint density at radius 3 is 2.50 bits per heavy atom. The third-order valence-corrected chi connectivity index (χ3v) is 0.621. The number of hydrogen-bond donors (Lipinski definition) is 1. The Balaban J connectivity index is 3.69. The topological polar surface area (TPSA) is 48.6 Å². The second-order valence-electron chi connectivity index (χ2n) is 1.30. The second-order valence-corrected chi connectivity index (χ2v) is 3.41. The zero-order chi connectivity index (χ0) is 6.62. The first-order valence-electron chi connectivity index (χ1n) is 1.85. The molecule has 0 saturated carbocycles. The fourth-order valence-electron chi connectivity index (χ4n) is 0.130. The van der Waals surface area contributed by atoms with Crippen LogP contribution in [0.25, 0.3) is 0 Å². The lowest BCUT2D eigenvalue weighted by Gasteiger charge is -1.99. The quantitative estimate of drug-likeness (QED) is 0.248. The van der Waals surface area contributed by atoms with Crippen molar-refractivity contribution in [2.75, 3.05) is 0 Å². The van der Waals surface area contributed by atoms with Crippen molar-refractivity contribution < 1.29 is 4.39 Å². The van der Waals surface area contributed by atoms with Gasteiger partial charge in [0.05, 0.1) is 6.21 Å². The molecule has 0 aliphatic rings. The molecule has 0 aromatic heterocycles. The fourth-order valence-corrected chi connectivity index (χ4v) is 0.255. The highest BCUT2D eigenvalue weighted by Crippen LogP contribution is 2.15. The van der Waals surface area contributed by atoms with Crippen LogP contribution in [0.1, 0.15) is 6.92 Å². The molecule has 0 heterocycles. The molecule has 46 valence electrons. The van der Waals surface area contributed by atoms with E-state index in [0.717, 1.165) is 6.21 Å². The van der Waals surface area contributed by atoms with Gasteiger partial charge >= 0.3 is 0 Å². The first-order valence-corrected chi connectivity index (χ1v) is 2.93. The van der Waals surface area contributed by atoms with Crippen molar-refractivity contribution in [3.63, 3.8) is 0 Å². The zero-order valence-corrected chi connectivity index (χ0v) is 6.39. The van der Waals surface area contributed by atoms with E-state index >= 15 is 0 Å². The molecule has 0 saturated heterocycles. The van der Waals surface area contributed by atoms with Gasteiger partial charge in [0, 0.05) is 0 Å². The monoisotopic (exact) mass is 229 g/mol. The molecule has 8 heavy (non-hydrogen) atoms. The van der Waals surface area contributed by atoms with Crippen LogP contribution < -0.4 is 0 Å². The normalized spacial score (nSPS) is 18.4. The van der Waals surface area contributed by atoms with Gasteiger partial charge in [0.1, 0.15) is 0 Å². The summed E-state index contributed by atoms with van der Waals surface area (Å²) in [6, 6.07) is 0. The molecule has 1 N–H and O–H groups in total. The average Bonchev–Trinajstić information content (AvgIpc) is 1.59. The Morgan fingerprint density at radius 1 is 1.88 bits per heavy atom. The van der Waals surface area contributed by atoms with Crippen LogP contribution >= 0.6 is 22.6 Å². The molecule has 0 radical (unpaired) electrons. The highest BCUT2D eigenvalue weighted by molar-refractivity contribution is 14.1. The molecule has 5 heteroatoms. The predicted molar refractivity (Wildman–Crippen MR) is 37.2 cm³/mol. The number of halogens is 2. The number of nitrogens with one attached hydrogen (secondary N) is 1. The van der Waals surface area contributed by atoms with E-state index in [-0.39, 0.29) is 0 Å². The van der Waals surface area contributed by atoms with Crippen LogP contribution in [0, 0.1) is 5.53 Å². The molecule has 0 aromatic rings. The van der Waals surface area contributed by atoms with Gasteiger partial charge in [-0.1, -0.05) is 5.22 Å². The van der Waals surface area contributed by atoms with Crippen molar-refractivity contribution in [1.29, 1.82) is 5.53 Å². The lowest BCUT2D eigenvalue weighted by molar-refractivity contribution is 0.440. The van der Waals surface area contributed by atoms with Crippen molar-refractivity contribution in [3.05, 3.63) is 0 Å². The summed E-state index contributed by atoms with van der Waals surface area (Å²) in [5, 5.41) is 5.62. The third kappa shape index (κ3) is 5.93. The molecule has 0 rings (SSSR count). The molecule has 0 bridgehead atoms. The minimum atomic E-state index is -1.48. The van der Waals surface area contributed by atoms with Gasteiger partial charge < -0.3 is 0 Å². The van der Waals surface area contributed by atoms with Crippen LogP contribution in [0.15, 0.2) is 10.3 Å². The lowest BCUT2D eigenvalue weighted by atomic mass is 10.5. The molecule has 0 aliphatic heterocycles. The molecule has 0 aromatic carbocycles. The largest absolute Gasteiger partial charge is 0.226 e. The maximum Gasteiger partial charge on any atom is 0.195 e. The Kier molecular flexibility index (Phi) is 3.03. The van der Waals surface area contributed by atoms with Gasteiger partial charge in [0.2, 0.25) is 0 Å².